The van der Waals surface area contributed by atoms with Gasteiger partial charge in [0.25, 0.3) is 0 Å². The van der Waals surface area contributed by atoms with Crippen LogP contribution in [-0.2, 0) is 0 Å². The van der Waals surface area contributed by atoms with Gasteiger partial charge in [-0.2, -0.15) is 5.26 Å². The summed E-state index contributed by atoms with van der Waals surface area (Å²) in [6.45, 7) is 0. The first-order valence-electron chi connectivity index (χ1n) is 7.73. The third kappa shape index (κ3) is 2.71. The fraction of sp³-hybridized carbons (Fsp3) is 0.0526. The van der Waals surface area contributed by atoms with Gasteiger partial charge in [0.2, 0.25) is 5.88 Å². The van der Waals surface area contributed by atoms with E-state index in [0.29, 0.717) is 25.6 Å². The molecule has 0 saturated heterocycles. The van der Waals surface area contributed by atoms with Crippen molar-refractivity contribution in [3.8, 4) is 17.6 Å². The summed E-state index contributed by atoms with van der Waals surface area (Å²) < 4.78 is 12.3. The van der Waals surface area contributed by atoms with Gasteiger partial charge in [-0.05, 0) is 40.2 Å². The van der Waals surface area contributed by atoms with Crippen LogP contribution in [0.4, 0.5) is 0 Å². The van der Waals surface area contributed by atoms with Crippen molar-refractivity contribution < 1.29 is 14.3 Å². The molecule has 4 rings (SSSR count). The minimum absolute atomic E-state index is 0.0189. The van der Waals surface area contributed by atoms with Crippen LogP contribution in [0.2, 0.25) is 0 Å². The number of benzene rings is 2. The highest BCUT2D eigenvalue weighted by molar-refractivity contribution is 9.11. The molecule has 1 unspecified atom stereocenters. The van der Waals surface area contributed by atoms with Gasteiger partial charge in [0.1, 0.15) is 28.7 Å². The summed E-state index contributed by atoms with van der Waals surface area (Å²) in [6, 6.07) is 12.1. The minimum Gasteiger partial charge on any atom is -0.507 e. The Morgan fingerprint density at radius 2 is 1.96 bits per heavy atom. The second-order valence-electron chi connectivity index (χ2n) is 5.88. The van der Waals surface area contributed by atoms with Gasteiger partial charge < -0.3 is 20.0 Å². The molecule has 1 aliphatic rings. The average Bonchev–Trinajstić information content (AvgIpc) is 2.62. The van der Waals surface area contributed by atoms with Crippen LogP contribution >= 0.6 is 31.9 Å². The van der Waals surface area contributed by atoms with Crippen LogP contribution in [0.5, 0.6) is 11.5 Å². The molecule has 8 heteroatoms. The Morgan fingerprint density at radius 3 is 2.70 bits per heavy atom. The summed E-state index contributed by atoms with van der Waals surface area (Å²) in [6.07, 6.45) is 0. The van der Waals surface area contributed by atoms with E-state index in [1.165, 1.54) is 0 Å². The maximum atomic E-state index is 12.7. The third-order valence-corrected chi connectivity index (χ3v) is 5.39. The summed E-state index contributed by atoms with van der Waals surface area (Å²) in [5.74, 6) is -0.957. The van der Waals surface area contributed by atoms with E-state index in [9.17, 15) is 15.2 Å². The van der Waals surface area contributed by atoms with Crippen LogP contribution in [0.25, 0.3) is 11.0 Å². The minimum atomic E-state index is -0.937. The highest BCUT2D eigenvalue weighted by Crippen LogP contribution is 2.48. The maximum absolute atomic E-state index is 12.7. The number of aromatic hydroxyl groups is 1. The van der Waals surface area contributed by atoms with Crippen LogP contribution < -0.4 is 16.1 Å². The molecule has 27 heavy (non-hydrogen) atoms. The van der Waals surface area contributed by atoms with Gasteiger partial charge in [0.05, 0.1) is 21.3 Å². The molecular weight excluding hydrogens is 480 g/mol. The molecule has 1 aromatic heterocycles. The van der Waals surface area contributed by atoms with Crippen LogP contribution in [0, 0.1) is 11.3 Å². The van der Waals surface area contributed by atoms with Crippen molar-refractivity contribution in [3.63, 3.8) is 0 Å². The van der Waals surface area contributed by atoms with Crippen molar-refractivity contribution in [2.75, 3.05) is 0 Å². The van der Waals surface area contributed by atoms with E-state index in [2.05, 4.69) is 31.9 Å². The average molecular weight is 490 g/mol. The zero-order valence-corrected chi connectivity index (χ0v) is 16.7. The highest BCUT2D eigenvalue weighted by atomic mass is 79.9. The van der Waals surface area contributed by atoms with Crippen molar-refractivity contribution in [2.45, 2.75) is 5.92 Å². The Kier molecular flexibility index (Phi) is 4.21. The molecule has 6 nitrogen and oxygen atoms in total. The maximum Gasteiger partial charge on any atom is 0.344 e. The molecule has 0 bridgehead atoms. The predicted molar refractivity (Wildman–Crippen MR) is 105 cm³/mol. The SMILES string of the molecule is N#CC1=C(N)Oc2c(Br)cc(Br)cc2C1c1c(O)c2ccccc2oc1=O. The number of nitrogens with zero attached hydrogens (tertiary/aromatic N) is 1. The van der Waals surface area contributed by atoms with E-state index >= 15 is 0 Å². The number of para-hydroxylation sites is 1. The highest BCUT2D eigenvalue weighted by Gasteiger charge is 2.36. The normalized spacial score (nSPS) is 16.0. The summed E-state index contributed by atoms with van der Waals surface area (Å²) >= 11 is 6.79. The number of ether oxygens (including phenoxy) is 1. The lowest BCUT2D eigenvalue weighted by Crippen LogP contribution is -2.25. The van der Waals surface area contributed by atoms with Gasteiger partial charge in [-0.1, -0.05) is 28.1 Å². The van der Waals surface area contributed by atoms with Crippen molar-refractivity contribution in [2.24, 2.45) is 5.73 Å². The molecule has 3 N–H and O–H groups in total. The number of fused-ring (bicyclic) bond motifs is 2. The molecule has 0 spiro atoms. The number of halogens is 2. The molecule has 0 fully saturated rings. The van der Waals surface area contributed by atoms with Gasteiger partial charge in [0, 0.05) is 10.0 Å². The van der Waals surface area contributed by atoms with Crippen LogP contribution in [-0.4, -0.2) is 5.11 Å². The van der Waals surface area contributed by atoms with E-state index in [4.69, 9.17) is 14.9 Å². The molecule has 2 heterocycles. The second-order valence-corrected chi connectivity index (χ2v) is 7.65. The largest absolute Gasteiger partial charge is 0.507 e. The van der Waals surface area contributed by atoms with Crippen LogP contribution in [0.15, 0.2) is 66.0 Å². The monoisotopic (exact) mass is 488 g/mol. The Hall–Kier alpha value is -2.76. The lowest BCUT2D eigenvalue weighted by Gasteiger charge is -2.27. The summed E-state index contributed by atoms with van der Waals surface area (Å²) in [5, 5.41) is 20.9. The van der Waals surface area contributed by atoms with Crippen molar-refractivity contribution in [1.82, 2.24) is 0 Å². The first-order chi connectivity index (χ1) is 12.9. The molecule has 0 aliphatic carbocycles. The van der Waals surface area contributed by atoms with E-state index in [1.54, 1.807) is 36.4 Å². The van der Waals surface area contributed by atoms with Gasteiger partial charge >= 0.3 is 5.63 Å². The first-order valence-corrected chi connectivity index (χ1v) is 9.32. The third-order valence-electron chi connectivity index (χ3n) is 4.34. The molecule has 1 aliphatic heterocycles. The summed E-state index contributed by atoms with van der Waals surface area (Å²) in [7, 11) is 0. The summed E-state index contributed by atoms with van der Waals surface area (Å²) in [5.41, 5.74) is 5.89. The van der Waals surface area contributed by atoms with E-state index < -0.39 is 11.5 Å². The van der Waals surface area contributed by atoms with Crippen LogP contribution in [0.1, 0.15) is 17.0 Å². The Bertz CT molecular complexity index is 1240. The quantitative estimate of drug-likeness (QED) is 0.494. The fourth-order valence-corrected chi connectivity index (χ4v) is 4.53. The van der Waals surface area contributed by atoms with E-state index in [1.807, 2.05) is 6.07 Å². The Morgan fingerprint density at radius 1 is 1.22 bits per heavy atom. The zero-order valence-electron chi connectivity index (χ0n) is 13.5. The van der Waals surface area contributed by atoms with Gasteiger partial charge in [-0.15, -0.1) is 0 Å². The molecular formula is C19H10Br2N2O4. The second kappa shape index (κ2) is 6.44. The van der Waals surface area contributed by atoms with Crippen molar-refractivity contribution in [1.29, 1.82) is 5.26 Å². The molecule has 134 valence electrons. The predicted octanol–water partition coefficient (Wildman–Crippen LogP) is 4.24. The topological polar surface area (TPSA) is 109 Å². The number of hydrogen-bond donors (Lipinski definition) is 2. The number of allylic oxidation sites excluding steroid dienone is 1. The first kappa shape index (κ1) is 17.6. The van der Waals surface area contributed by atoms with Gasteiger partial charge in [0.15, 0.2) is 0 Å². The fourth-order valence-electron chi connectivity index (χ4n) is 3.19. The van der Waals surface area contributed by atoms with Gasteiger partial charge in [-0.3, -0.25) is 0 Å². The number of nitrogens with two attached hydrogens (primary N) is 1. The number of nitriles is 1. The number of rotatable bonds is 1. The van der Waals surface area contributed by atoms with E-state index in [0.717, 1.165) is 0 Å². The lowest BCUT2D eigenvalue weighted by atomic mass is 9.83. The summed E-state index contributed by atoms with van der Waals surface area (Å²) in [4.78, 5) is 12.7. The smallest absolute Gasteiger partial charge is 0.344 e. The standard InChI is InChI=1S/C19H10Br2N2O4/c20-8-5-10-14(11(7-22)18(23)27-17(10)12(21)6-8)15-16(24)9-3-1-2-4-13(9)26-19(15)25/h1-6,14,24H,23H2. The van der Waals surface area contributed by atoms with Gasteiger partial charge in [-0.25, -0.2) is 4.79 Å². The molecule has 3 aromatic rings. The molecule has 0 radical (unpaired) electrons. The van der Waals surface area contributed by atoms with E-state index in [-0.39, 0.29) is 28.4 Å². The molecule has 0 amide bonds. The molecule has 2 aromatic carbocycles. The number of hydrogen-bond acceptors (Lipinski definition) is 6. The molecule has 0 saturated carbocycles. The molecule has 1 atom stereocenters. The van der Waals surface area contributed by atoms with Crippen molar-refractivity contribution >= 4 is 42.8 Å². The Balaban J connectivity index is 2.11. The van der Waals surface area contributed by atoms with Crippen LogP contribution in [0.3, 0.4) is 0 Å². The Labute approximate surface area is 169 Å². The zero-order chi connectivity index (χ0) is 19.3. The lowest BCUT2D eigenvalue weighted by molar-refractivity contribution is 0.386. The van der Waals surface area contributed by atoms with Crippen molar-refractivity contribution in [3.05, 3.63) is 78.3 Å².